The molecule has 1 aliphatic heterocycles. The van der Waals surface area contributed by atoms with Crippen LogP contribution in [0.1, 0.15) is 69.6 Å². The number of aryl methyl sites for hydroxylation is 1. The molecule has 2 nitrogen and oxygen atoms in total. The Morgan fingerprint density at radius 2 is 2.09 bits per heavy atom. The van der Waals surface area contributed by atoms with E-state index in [1.807, 2.05) is 6.92 Å². The quantitative estimate of drug-likeness (QED) is 0.880. The van der Waals surface area contributed by atoms with Gasteiger partial charge in [0.15, 0.2) is 0 Å². The zero-order valence-corrected chi connectivity index (χ0v) is 14.4. The van der Waals surface area contributed by atoms with E-state index in [0.29, 0.717) is 6.61 Å². The lowest BCUT2D eigenvalue weighted by molar-refractivity contribution is 0.193. The summed E-state index contributed by atoms with van der Waals surface area (Å²) in [6.07, 6.45) is 3.94. The molecule has 2 N–H and O–H groups in total. The number of halogens is 1. The van der Waals surface area contributed by atoms with Crippen LogP contribution in [0.3, 0.4) is 0 Å². The van der Waals surface area contributed by atoms with Crippen LogP contribution >= 0.6 is 0 Å². The molecule has 0 bridgehead atoms. The second-order valence-corrected chi connectivity index (χ2v) is 7.73. The summed E-state index contributed by atoms with van der Waals surface area (Å²) in [6.45, 7) is 9.64. The smallest absolute Gasteiger partial charge is 0.130 e. The normalized spacial score (nSPS) is 20.4. The zero-order valence-electron chi connectivity index (χ0n) is 14.4. The highest BCUT2D eigenvalue weighted by Gasteiger charge is 2.27. The summed E-state index contributed by atoms with van der Waals surface area (Å²) in [5.41, 5.74) is 8.55. The third-order valence-electron chi connectivity index (χ3n) is 4.46. The average molecular weight is 307 g/mol. The minimum absolute atomic E-state index is 0.0288. The predicted molar refractivity (Wildman–Crippen MR) is 89.9 cm³/mol. The third-order valence-corrected chi connectivity index (χ3v) is 4.46. The Hall–Kier alpha value is -0.930. The SMILES string of the molecule is C[C@H](N)CCCc1cc(C2CCOC2)c(F)c(C(C)(C)C)c1. The van der Waals surface area contributed by atoms with Crippen molar-refractivity contribution >= 4 is 0 Å². The first kappa shape index (κ1) is 17.4. The summed E-state index contributed by atoms with van der Waals surface area (Å²) in [5, 5.41) is 0. The molecule has 1 aliphatic rings. The molecule has 1 fully saturated rings. The van der Waals surface area contributed by atoms with Gasteiger partial charge < -0.3 is 10.5 Å². The standard InChI is InChI=1S/C19H30FNO/c1-13(21)6-5-7-14-10-16(15-8-9-22-12-15)18(20)17(11-14)19(2,3)4/h10-11,13,15H,5-9,12,21H2,1-4H3/t13-,15?/m0/s1. The minimum atomic E-state index is -0.185. The van der Waals surface area contributed by atoms with E-state index in [2.05, 4.69) is 32.9 Å². The van der Waals surface area contributed by atoms with E-state index >= 15 is 0 Å². The van der Waals surface area contributed by atoms with Crippen LogP contribution < -0.4 is 5.73 Å². The van der Waals surface area contributed by atoms with Crippen molar-refractivity contribution in [2.45, 2.75) is 70.8 Å². The molecule has 1 heterocycles. The first-order valence-electron chi connectivity index (χ1n) is 8.45. The predicted octanol–water partition coefficient (Wildman–Crippen LogP) is 4.30. The van der Waals surface area contributed by atoms with Crippen LogP contribution in [0.2, 0.25) is 0 Å². The van der Waals surface area contributed by atoms with Gasteiger partial charge in [0.25, 0.3) is 0 Å². The van der Waals surface area contributed by atoms with Crippen molar-refractivity contribution in [1.82, 2.24) is 0 Å². The molecule has 0 radical (unpaired) electrons. The van der Waals surface area contributed by atoms with Gasteiger partial charge in [-0.2, -0.15) is 0 Å². The van der Waals surface area contributed by atoms with Gasteiger partial charge in [-0.3, -0.25) is 0 Å². The van der Waals surface area contributed by atoms with E-state index < -0.39 is 0 Å². The van der Waals surface area contributed by atoms with Crippen molar-refractivity contribution in [3.63, 3.8) is 0 Å². The average Bonchev–Trinajstić information content (AvgIpc) is 2.92. The second kappa shape index (κ2) is 7.10. The van der Waals surface area contributed by atoms with E-state index in [1.54, 1.807) is 0 Å². The summed E-state index contributed by atoms with van der Waals surface area (Å²) < 4.78 is 20.4. The number of hydrogen-bond acceptors (Lipinski definition) is 2. The second-order valence-electron chi connectivity index (χ2n) is 7.73. The number of hydrogen-bond donors (Lipinski definition) is 1. The fourth-order valence-electron chi connectivity index (χ4n) is 3.10. The van der Waals surface area contributed by atoms with Crippen LogP contribution in [0.15, 0.2) is 12.1 Å². The Bertz CT molecular complexity index is 499. The first-order valence-corrected chi connectivity index (χ1v) is 8.45. The topological polar surface area (TPSA) is 35.2 Å². The van der Waals surface area contributed by atoms with Gasteiger partial charge in [0, 0.05) is 18.6 Å². The number of rotatable bonds is 5. The molecule has 0 saturated carbocycles. The molecule has 22 heavy (non-hydrogen) atoms. The Morgan fingerprint density at radius 1 is 1.36 bits per heavy atom. The van der Waals surface area contributed by atoms with Crippen LogP contribution in [-0.4, -0.2) is 19.3 Å². The molecule has 2 rings (SSSR count). The van der Waals surface area contributed by atoms with Crippen molar-refractivity contribution in [3.8, 4) is 0 Å². The van der Waals surface area contributed by atoms with Crippen LogP contribution in [0.25, 0.3) is 0 Å². The van der Waals surface area contributed by atoms with Crippen molar-refractivity contribution in [2.24, 2.45) is 5.73 Å². The fourth-order valence-corrected chi connectivity index (χ4v) is 3.10. The molecule has 0 amide bonds. The maximum atomic E-state index is 15.0. The maximum absolute atomic E-state index is 15.0. The Labute approximate surface area is 134 Å². The first-order chi connectivity index (χ1) is 10.3. The molecule has 0 aliphatic carbocycles. The number of benzene rings is 1. The summed E-state index contributed by atoms with van der Waals surface area (Å²) in [4.78, 5) is 0. The molecule has 1 unspecified atom stereocenters. The van der Waals surface area contributed by atoms with E-state index in [-0.39, 0.29) is 23.2 Å². The van der Waals surface area contributed by atoms with Gasteiger partial charge in [0.05, 0.1) is 6.61 Å². The van der Waals surface area contributed by atoms with E-state index in [9.17, 15) is 4.39 Å². The molecular formula is C19H30FNO. The van der Waals surface area contributed by atoms with Gasteiger partial charge in [0.2, 0.25) is 0 Å². The van der Waals surface area contributed by atoms with Gasteiger partial charge in [-0.25, -0.2) is 4.39 Å². The van der Waals surface area contributed by atoms with Gasteiger partial charge in [0.1, 0.15) is 5.82 Å². The highest BCUT2D eigenvalue weighted by molar-refractivity contribution is 5.38. The molecule has 0 spiro atoms. The number of nitrogens with two attached hydrogens (primary N) is 1. The van der Waals surface area contributed by atoms with Crippen LogP contribution in [-0.2, 0) is 16.6 Å². The lowest BCUT2D eigenvalue weighted by atomic mass is 9.81. The van der Waals surface area contributed by atoms with Crippen LogP contribution in [0.4, 0.5) is 4.39 Å². The summed E-state index contributed by atoms with van der Waals surface area (Å²) in [7, 11) is 0. The molecule has 1 aromatic carbocycles. The largest absolute Gasteiger partial charge is 0.381 e. The summed E-state index contributed by atoms with van der Waals surface area (Å²) in [6, 6.07) is 4.34. The van der Waals surface area contributed by atoms with Crippen molar-refractivity contribution in [3.05, 3.63) is 34.6 Å². The molecule has 3 heteroatoms. The molecule has 1 aromatic rings. The minimum Gasteiger partial charge on any atom is -0.381 e. The van der Waals surface area contributed by atoms with Crippen molar-refractivity contribution < 1.29 is 9.13 Å². The van der Waals surface area contributed by atoms with Crippen LogP contribution in [0, 0.1) is 5.82 Å². The lowest BCUT2D eigenvalue weighted by Crippen LogP contribution is -2.17. The van der Waals surface area contributed by atoms with Gasteiger partial charge >= 0.3 is 0 Å². The highest BCUT2D eigenvalue weighted by atomic mass is 19.1. The summed E-state index contributed by atoms with van der Waals surface area (Å²) in [5.74, 6) is 0.174. The molecule has 124 valence electrons. The van der Waals surface area contributed by atoms with Crippen LogP contribution in [0.5, 0.6) is 0 Å². The fraction of sp³-hybridized carbons (Fsp3) is 0.684. The Morgan fingerprint density at radius 3 is 2.64 bits per heavy atom. The van der Waals surface area contributed by atoms with E-state index in [0.717, 1.165) is 43.4 Å². The monoisotopic (exact) mass is 307 g/mol. The molecule has 2 atom stereocenters. The summed E-state index contributed by atoms with van der Waals surface area (Å²) >= 11 is 0. The van der Waals surface area contributed by atoms with Gasteiger partial charge in [-0.1, -0.05) is 32.9 Å². The third kappa shape index (κ3) is 4.30. The van der Waals surface area contributed by atoms with E-state index in [1.165, 1.54) is 5.56 Å². The zero-order chi connectivity index (χ0) is 16.3. The van der Waals surface area contributed by atoms with E-state index in [4.69, 9.17) is 10.5 Å². The lowest BCUT2D eigenvalue weighted by Gasteiger charge is -2.24. The highest BCUT2D eigenvalue weighted by Crippen LogP contribution is 2.35. The molecule has 1 saturated heterocycles. The van der Waals surface area contributed by atoms with Crippen molar-refractivity contribution in [1.29, 1.82) is 0 Å². The van der Waals surface area contributed by atoms with Gasteiger partial charge in [-0.15, -0.1) is 0 Å². The Kier molecular flexibility index (Phi) is 5.62. The van der Waals surface area contributed by atoms with Crippen molar-refractivity contribution in [2.75, 3.05) is 13.2 Å². The maximum Gasteiger partial charge on any atom is 0.130 e. The molecular weight excluding hydrogens is 277 g/mol. The van der Waals surface area contributed by atoms with Gasteiger partial charge in [-0.05, 0) is 54.7 Å². The molecule has 0 aromatic heterocycles. The Balaban J connectivity index is 2.31. The number of ether oxygens (including phenoxy) is 1.